The molecule has 2 amide bonds. The molecule has 0 aliphatic carbocycles. The summed E-state index contributed by atoms with van der Waals surface area (Å²) >= 11 is 0. The van der Waals surface area contributed by atoms with Gasteiger partial charge in [0.1, 0.15) is 6.10 Å². The predicted octanol–water partition coefficient (Wildman–Crippen LogP) is 0.364. The molecule has 4 N–H and O–H groups in total. The summed E-state index contributed by atoms with van der Waals surface area (Å²) in [7, 11) is 0. The second-order valence-corrected chi connectivity index (χ2v) is 4.39. The number of nitrogen functional groups attached to an aromatic ring is 1. The highest BCUT2D eigenvalue weighted by molar-refractivity contribution is 5.98. The lowest BCUT2D eigenvalue weighted by Crippen LogP contribution is -2.42. The molecular formula is C12H16N4O3. The number of nitrogens with two attached hydrogens (primary N) is 2. The molecule has 7 nitrogen and oxygen atoms in total. The van der Waals surface area contributed by atoms with Crippen LogP contribution in [0.2, 0.25) is 0 Å². The predicted molar refractivity (Wildman–Crippen MR) is 68.2 cm³/mol. The van der Waals surface area contributed by atoms with Crippen molar-refractivity contribution in [3.05, 3.63) is 24.0 Å². The van der Waals surface area contributed by atoms with E-state index < -0.39 is 6.09 Å². The van der Waals surface area contributed by atoms with Gasteiger partial charge in [-0.1, -0.05) is 0 Å². The highest BCUT2D eigenvalue weighted by Crippen LogP contribution is 2.18. The summed E-state index contributed by atoms with van der Waals surface area (Å²) in [5.74, 6) is -0.127. The number of piperidine rings is 1. The minimum atomic E-state index is -0.775. The number of amides is 2. The summed E-state index contributed by atoms with van der Waals surface area (Å²) in [6, 6.07) is 1.60. The second kappa shape index (κ2) is 5.55. The number of carbonyl (C=O) groups is 2. The van der Waals surface area contributed by atoms with E-state index in [1.54, 1.807) is 11.0 Å². The fourth-order valence-electron chi connectivity index (χ4n) is 2.11. The molecule has 0 spiro atoms. The molecule has 1 aromatic heterocycles. The van der Waals surface area contributed by atoms with Gasteiger partial charge in [-0.15, -0.1) is 0 Å². The molecule has 0 aromatic carbocycles. The molecule has 2 heterocycles. The van der Waals surface area contributed by atoms with Gasteiger partial charge in [0.05, 0.1) is 17.4 Å². The molecule has 102 valence electrons. The Hall–Kier alpha value is -2.31. The van der Waals surface area contributed by atoms with Crippen LogP contribution in [-0.2, 0) is 4.74 Å². The maximum Gasteiger partial charge on any atom is 0.404 e. The summed E-state index contributed by atoms with van der Waals surface area (Å²) in [5.41, 5.74) is 11.5. The molecular weight excluding hydrogens is 248 g/mol. The largest absolute Gasteiger partial charge is 0.446 e. The van der Waals surface area contributed by atoms with E-state index in [0.717, 1.165) is 0 Å². The highest BCUT2D eigenvalue weighted by Gasteiger charge is 2.26. The Morgan fingerprint density at radius 3 is 2.63 bits per heavy atom. The number of hydrogen-bond acceptors (Lipinski definition) is 5. The molecule has 0 radical (unpaired) electrons. The van der Waals surface area contributed by atoms with E-state index in [1.165, 1.54) is 12.4 Å². The van der Waals surface area contributed by atoms with Gasteiger partial charge < -0.3 is 21.1 Å². The average molecular weight is 264 g/mol. The Morgan fingerprint density at radius 2 is 2.05 bits per heavy atom. The molecule has 19 heavy (non-hydrogen) atoms. The zero-order valence-electron chi connectivity index (χ0n) is 10.4. The zero-order valence-corrected chi connectivity index (χ0v) is 10.4. The van der Waals surface area contributed by atoms with Crippen molar-refractivity contribution in [3.63, 3.8) is 0 Å². The first-order chi connectivity index (χ1) is 9.08. The van der Waals surface area contributed by atoms with E-state index in [2.05, 4.69) is 4.98 Å². The molecule has 0 saturated carbocycles. The van der Waals surface area contributed by atoms with E-state index in [-0.39, 0.29) is 12.0 Å². The molecule has 1 aliphatic rings. The number of carbonyl (C=O) groups excluding carboxylic acids is 2. The van der Waals surface area contributed by atoms with E-state index in [0.29, 0.717) is 37.2 Å². The third kappa shape index (κ3) is 3.12. The average Bonchev–Trinajstić information content (AvgIpc) is 2.39. The molecule has 2 rings (SSSR count). The van der Waals surface area contributed by atoms with Gasteiger partial charge in [-0.05, 0) is 6.07 Å². The molecule has 7 heteroatoms. The monoisotopic (exact) mass is 264 g/mol. The summed E-state index contributed by atoms with van der Waals surface area (Å²) in [4.78, 5) is 28.4. The van der Waals surface area contributed by atoms with Crippen LogP contribution in [0.3, 0.4) is 0 Å². The van der Waals surface area contributed by atoms with Gasteiger partial charge in [-0.2, -0.15) is 0 Å². The minimum absolute atomic E-state index is 0.127. The molecule has 1 fully saturated rings. The van der Waals surface area contributed by atoms with Crippen LogP contribution in [0, 0.1) is 0 Å². The number of nitrogens with zero attached hydrogens (tertiary/aromatic N) is 2. The van der Waals surface area contributed by atoms with Crippen LogP contribution in [0.5, 0.6) is 0 Å². The van der Waals surface area contributed by atoms with Crippen LogP contribution >= 0.6 is 0 Å². The van der Waals surface area contributed by atoms with Gasteiger partial charge in [0.25, 0.3) is 5.91 Å². The lowest BCUT2D eigenvalue weighted by Gasteiger charge is -2.31. The SMILES string of the molecule is NC(=O)OC1CCN(C(=O)c2ccncc2N)CC1. The number of rotatable bonds is 2. The Bertz CT molecular complexity index is 484. The van der Waals surface area contributed by atoms with Crippen LogP contribution in [0.15, 0.2) is 18.5 Å². The van der Waals surface area contributed by atoms with Crippen molar-refractivity contribution in [3.8, 4) is 0 Å². The summed E-state index contributed by atoms with van der Waals surface area (Å²) in [5, 5.41) is 0. The minimum Gasteiger partial charge on any atom is -0.446 e. The summed E-state index contributed by atoms with van der Waals surface area (Å²) in [6.07, 6.45) is 3.17. The summed E-state index contributed by atoms with van der Waals surface area (Å²) in [6.45, 7) is 1.02. The third-order valence-electron chi connectivity index (χ3n) is 3.09. The third-order valence-corrected chi connectivity index (χ3v) is 3.09. The lowest BCUT2D eigenvalue weighted by atomic mass is 10.1. The van der Waals surface area contributed by atoms with E-state index in [9.17, 15) is 9.59 Å². The van der Waals surface area contributed by atoms with E-state index >= 15 is 0 Å². The van der Waals surface area contributed by atoms with Crippen molar-refractivity contribution >= 4 is 17.7 Å². The van der Waals surface area contributed by atoms with E-state index in [4.69, 9.17) is 16.2 Å². The van der Waals surface area contributed by atoms with Crippen LogP contribution in [0.25, 0.3) is 0 Å². The van der Waals surface area contributed by atoms with Gasteiger partial charge in [0.15, 0.2) is 0 Å². The normalized spacial score (nSPS) is 16.1. The van der Waals surface area contributed by atoms with Gasteiger partial charge in [-0.25, -0.2) is 4.79 Å². The van der Waals surface area contributed by atoms with Crippen LogP contribution in [0.4, 0.5) is 10.5 Å². The topological polar surface area (TPSA) is 112 Å². The molecule has 1 aromatic rings. The maximum atomic E-state index is 12.2. The van der Waals surface area contributed by atoms with Gasteiger partial charge in [0, 0.05) is 32.1 Å². The standard InChI is InChI=1S/C12H16N4O3/c13-10-7-15-4-1-9(10)11(17)16-5-2-8(3-6-16)19-12(14)18/h1,4,7-8H,2-3,5-6,13H2,(H2,14,18). The number of ether oxygens (including phenoxy) is 1. The second-order valence-electron chi connectivity index (χ2n) is 4.39. The smallest absolute Gasteiger partial charge is 0.404 e. The van der Waals surface area contributed by atoms with Gasteiger partial charge >= 0.3 is 6.09 Å². The number of primary amides is 1. The number of anilines is 1. The number of hydrogen-bond donors (Lipinski definition) is 2. The van der Waals surface area contributed by atoms with Crippen LogP contribution in [-0.4, -0.2) is 41.1 Å². The number of aromatic nitrogens is 1. The zero-order chi connectivity index (χ0) is 13.8. The first-order valence-corrected chi connectivity index (χ1v) is 6.03. The Labute approximate surface area is 110 Å². The van der Waals surface area contributed by atoms with Gasteiger partial charge in [-0.3, -0.25) is 9.78 Å². The fourth-order valence-corrected chi connectivity index (χ4v) is 2.11. The Balaban J connectivity index is 1.96. The highest BCUT2D eigenvalue weighted by atomic mass is 16.6. The van der Waals surface area contributed by atoms with Crippen molar-refractivity contribution in [1.29, 1.82) is 0 Å². The van der Waals surface area contributed by atoms with Crippen molar-refractivity contribution < 1.29 is 14.3 Å². The number of pyridine rings is 1. The Kier molecular flexibility index (Phi) is 3.84. The first kappa shape index (κ1) is 13.1. The Morgan fingerprint density at radius 1 is 1.37 bits per heavy atom. The quantitative estimate of drug-likeness (QED) is 0.801. The maximum absolute atomic E-state index is 12.2. The summed E-state index contributed by atoms with van der Waals surface area (Å²) < 4.78 is 4.91. The molecule has 0 atom stereocenters. The molecule has 0 unspecified atom stereocenters. The van der Waals surface area contributed by atoms with Crippen molar-refractivity contribution in [2.45, 2.75) is 18.9 Å². The molecule has 1 aliphatic heterocycles. The van der Waals surface area contributed by atoms with Crippen molar-refractivity contribution in [2.24, 2.45) is 5.73 Å². The molecule has 1 saturated heterocycles. The first-order valence-electron chi connectivity index (χ1n) is 6.03. The van der Waals surface area contributed by atoms with Gasteiger partial charge in [0.2, 0.25) is 0 Å². The lowest BCUT2D eigenvalue weighted by molar-refractivity contribution is 0.0455. The van der Waals surface area contributed by atoms with Crippen molar-refractivity contribution in [1.82, 2.24) is 9.88 Å². The van der Waals surface area contributed by atoms with Crippen LogP contribution in [0.1, 0.15) is 23.2 Å². The van der Waals surface area contributed by atoms with Crippen molar-refractivity contribution in [2.75, 3.05) is 18.8 Å². The van der Waals surface area contributed by atoms with Crippen LogP contribution < -0.4 is 11.5 Å². The molecule has 0 bridgehead atoms. The number of likely N-dealkylation sites (tertiary alicyclic amines) is 1. The van der Waals surface area contributed by atoms with E-state index in [1.807, 2.05) is 0 Å². The fraction of sp³-hybridized carbons (Fsp3) is 0.417.